The molecule has 104 valence electrons. The number of aliphatic carboxylic acids is 1. The molecule has 0 aliphatic rings. The summed E-state index contributed by atoms with van der Waals surface area (Å²) < 4.78 is 38.1. The van der Waals surface area contributed by atoms with Crippen molar-refractivity contribution in [1.82, 2.24) is 0 Å². The van der Waals surface area contributed by atoms with Gasteiger partial charge >= 0.3 is 12.1 Å². The number of aliphatic hydroxyl groups excluding tert-OH is 1. The number of benzene rings is 1. The van der Waals surface area contributed by atoms with Crippen LogP contribution in [0.2, 0.25) is 0 Å². The van der Waals surface area contributed by atoms with E-state index in [4.69, 9.17) is 5.11 Å². The van der Waals surface area contributed by atoms with Gasteiger partial charge in [0, 0.05) is 16.1 Å². The Balaban J connectivity index is 3.73. The third kappa shape index (κ3) is 3.01. The quantitative estimate of drug-likeness (QED) is 0.648. The molecule has 0 aliphatic heterocycles. The van der Waals surface area contributed by atoms with Crippen molar-refractivity contribution >= 4 is 27.6 Å². The standard InChI is InChI=1S/C9H5BrF3NO5/c10-3-1-2-4(14(18)19)6(9(11,12)13)5(3)7(15)8(16)17/h1-2,7,15H,(H,16,17). The molecule has 0 aliphatic carbocycles. The van der Waals surface area contributed by atoms with Gasteiger partial charge in [-0.05, 0) is 6.07 Å². The van der Waals surface area contributed by atoms with Crippen LogP contribution in [0.4, 0.5) is 18.9 Å². The van der Waals surface area contributed by atoms with Gasteiger partial charge < -0.3 is 10.2 Å². The lowest BCUT2D eigenvalue weighted by Gasteiger charge is -2.16. The number of nitro groups is 1. The summed E-state index contributed by atoms with van der Waals surface area (Å²) in [6.07, 6.45) is -7.72. The number of alkyl halides is 3. The molecule has 2 N–H and O–H groups in total. The van der Waals surface area contributed by atoms with E-state index in [9.17, 15) is 33.2 Å². The zero-order valence-electron chi connectivity index (χ0n) is 8.81. The van der Waals surface area contributed by atoms with Crippen molar-refractivity contribution in [3.63, 3.8) is 0 Å². The second-order valence-corrected chi connectivity index (χ2v) is 4.21. The van der Waals surface area contributed by atoms with E-state index in [2.05, 4.69) is 15.9 Å². The van der Waals surface area contributed by atoms with Crippen molar-refractivity contribution in [2.45, 2.75) is 12.3 Å². The van der Waals surface area contributed by atoms with Gasteiger partial charge in [-0.25, -0.2) is 4.79 Å². The molecule has 1 atom stereocenters. The summed E-state index contributed by atoms with van der Waals surface area (Å²) in [5, 5.41) is 28.4. The first-order valence-corrected chi connectivity index (χ1v) is 5.31. The molecule has 0 saturated heterocycles. The van der Waals surface area contributed by atoms with Gasteiger partial charge in [-0.1, -0.05) is 15.9 Å². The lowest BCUT2D eigenvalue weighted by molar-refractivity contribution is -0.388. The topological polar surface area (TPSA) is 101 Å². The third-order valence-corrected chi connectivity index (χ3v) is 2.85. The molecule has 1 unspecified atom stereocenters. The Morgan fingerprint density at radius 3 is 2.32 bits per heavy atom. The number of carboxylic acids is 1. The summed E-state index contributed by atoms with van der Waals surface area (Å²) in [7, 11) is 0. The van der Waals surface area contributed by atoms with Gasteiger partial charge in [0.25, 0.3) is 5.69 Å². The highest BCUT2D eigenvalue weighted by Crippen LogP contribution is 2.43. The Kier molecular flexibility index (Phi) is 4.15. The van der Waals surface area contributed by atoms with E-state index < -0.39 is 40.0 Å². The van der Waals surface area contributed by atoms with Crippen LogP contribution in [0.5, 0.6) is 0 Å². The molecule has 10 heteroatoms. The number of nitrogens with zero attached hydrogens (tertiary/aromatic N) is 1. The van der Waals surface area contributed by atoms with E-state index in [1.807, 2.05) is 0 Å². The summed E-state index contributed by atoms with van der Waals surface area (Å²) in [5.41, 5.74) is -4.22. The zero-order valence-corrected chi connectivity index (χ0v) is 10.4. The molecule has 19 heavy (non-hydrogen) atoms. The van der Waals surface area contributed by atoms with Crippen LogP contribution in [0.3, 0.4) is 0 Å². The fourth-order valence-corrected chi connectivity index (χ4v) is 1.97. The molecule has 0 bridgehead atoms. The maximum absolute atomic E-state index is 12.8. The van der Waals surface area contributed by atoms with Crippen LogP contribution in [0, 0.1) is 10.1 Å². The minimum Gasteiger partial charge on any atom is -0.479 e. The number of hydrogen-bond acceptors (Lipinski definition) is 4. The lowest BCUT2D eigenvalue weighted by Crippen LogP contribution is -2.19. The molecule has 0 spiro atoms. The minimum absolute atomic E-state index is 0.389. The number of nitro benzene ring substituents is 1. The van der Waals surface area contributed by atoms with Crippen molar-refractivity contribution in [1.29, 1.82) is 0 Å². The predicted octanol–water partition coefficient (Wildman–Crippen LogP) is 2.49. The van der Waals surface area contributed by atoms with E-state index in [0.29, 0.717) is 6.07 Å². The molecule has 1 aromatic rings. The van der Waals surface area contributed by atoms with Gasteiger partial charge in [0.2, 0.25) is 0 Å². The van der Waals surface area contributed by atoms with Crippen molar-refractivity contribution in [3.8, 4) is 0 Å². The summed E-state index contributed by atoms with van der Waals surface area (Å²) in [5.74, 6) is -1.95. The number of aliphatic hydroxyl groups is 1. The molecule has 0 aromatic heterocycles. The molecular weight excluding hydrogens is 339 g/mol. The van der Waals surface area contributed by atoms with Crippen LogP contribution in [0.1, 0.15) is 17.2 Å². The van der Waals surface area contributed by atoms with Gasteiger partial charge in [-0.3, -0.25) is 10.1 Å². The van der Waals surface area contributed by atoms with Crippen LogP contribution in [0.15, 0.2) is 16.6 Å². The van der Waals surface area contributed by atoms with Gasteiger partial charge in [-0.2, -0.15) is 13.2 Å². The van der Waals surface area contributed by atoms with Crippen molar-refractivity contribution < 1.29 is 33.1 Å². The second kappa shape index (κ2) is 5.13. The van der Waals surface area contributed by atoms with Crippen LogP contribution < -0.4 is 0 Å². The number of hydrogen-bond donors (Lipinski definition) is 2. The van der Waals surface area contributed by atoms with Crippen molar-refractivity contribution in [3.05, 3.63) is 37.8 Å². The lowest BCUT2D eigenvalue weighted by atomic mass is 10.00. The van der Waals surface area contributed by atoms with E-state index in [0.717, 1.165) is 6.07 Å². The van der Waals surface area contributed by atoms with E-state index in [1.54, 1.807) is 0 Å². The summed E-state index contributed by atoms with van der Waals surface area (Å²) >= 11 is 2.65. The van der Waals surface area contributed by atoms with Gasteiger partial charge in [-0.15, -0.1) is 0 Å². The fourth-order valence-electron chi connectivity index (χ4n) is 1.42. The van der Waals surface area contributed by atoms with E-state index >= 15 is 0 Å². The second-order valence-electron chi connectivity index (χ2n) is 3.35. The number of halogens is 4. The Hall–Kier alpha value is -1.68. The molecule has 6 nitrogen and oxygen atoms in total. The van der Waals surface area contributed by atoms with E-state index in [-0.39, 0.29) is 4.47 Å². The van der Waals surface area contributed by atoms with Gasteiger partial charge in [0.15, 0.2) is 6.10 Å². The van der Waals surface area contributed by atoms with Gasteiger partial charge in [0.05, 0.1) is 4.92 Å². The van der Waals surface area contributed by atoms with Crippen LogP contribution in [-0.2, 0) is 11.0 Å². The van der Waals surface area contributed by atoms with Crippen LogP contribution >= 0.6 is 15.9 Å². The largest absolute Gasteiger partial charge is 0.479 e. The maximum Gasteiger partial charge on any atom is 0.423 e. The first kappa shape index (κ1) is 15.4. The monoisotopic (exact) mass is 343 g/mol. The van der Waals surface area contributed by atoms with Crippen LogP contribution in [-0.4, -0.2) is 21.1 Å². The Morgan fingerprint density at radius 1 is 1.42 bits per heavy atom. The first-order chi connectivity index (χ1) is 8.57. The summed E-state index contributed by atoms with van der Waals surface area (Å²) in [4.78, 5) is 19.9. The van der Waals surface area contributed by atoms with Crippen molar-refractivity contribution in [2.24, 2.45) is 0 Å². The summed E-state index contributed by atoms with van der Waals surface area (Å²) in [6, 6.07) is 1.44. The SMILES string of the molecule is O=C(O)C(O)c1c(Br)ccc([N+](=O)[O-])c1C(F)(F)F. The molecule has 1 rings (SSSR count). The molecule has 0 radical (unpaired) electrons. The molecular formula is C9H5BrF3NO5. The zero-order chi connectivity index (χ0) is 15.0. The highest BCUT2D eigenvalue weighted by molar-refractivity contribution is 9.10. The minimum atomic E-state index is -5.18. The smallest absolute Gasteiger partial charge is 0.423 e. The average molecular weight is 344 g/mol. The molecule has 0 heterocycles. The summed E-state index contributed by atoms with van der Waals surface area (Å²) in [6.45, 7) is 0. The normalized spacial score (nSPS) is 13.1. The van der Waals surface area contributed by atoms with Crippen molar-refractivity contribution in [2.75, 3.05) is 0 Å². The predicted molar refractivity (Wildman–Crippen MR) is 58.4 cm³/mol. The Bertz CT molecular complexity index is 545. The van der Waals surface area contributed by atoms with E-state index in [1.165, 1.54) is 0 Å². The average Bonchev–Trinajstić information content (AvgIpc) is 2.25. The molecule has 0 fully saturated rings. The third-order valence-electron chi connectivity index (χ3n) is 2.16. The first-order valence-electron chi connectivity index (χ1n) is 4.52. The number of carboxylic acid groups (broad SMARTS) is 1. The Morgan fingerprint density at radius 2 is 1.95 bits per heavy atom. The molecule has 0 saturated carbocycles. The van der Waals surface area contributed by atoms with Crippen LogP contribution in [0.25, 0.3) is 0 Å². The maximum atomic E-state index is 12.8. The molecule has 1 aromatic carbocycles. The molecule has 0 amide bonds. The number of carbonyl (C=O) groups is 1. The number of rotatable bonds is 3. The Labute approximate surface area is 111 Å². The fraction of sp³-hybridized carbons (Fsp3) is 0.222. The van der Waals surface area contributed by atoms with Gasteiger partial charge in [0.1, 0.15) is 5.56 Å². The highest BCUT2D eigenvalue weighted by Gasteiger charge is 2.44. The highest BCUT2D eigenvalue weighted by atomic mass is 79.9.